The van der Waals surface area contributed by atoms with Gasteiger partial charge in [-0.05, 0) is 57.5 Å². The second-order valence-electron chi connectivity index (χ2n) is 6.88. The summed E-state index contributed by atoms with van der Waals surface area (Å²) >= 11 is 1.68. The van der Waals surface area contributed by atoms with Gasteiger partial charge in [-0.2, -0.15) is 0 Å². The number of carbonyl (C=O) groups is 1. The molecule has 1 aromatic carbocycles. The van der Waals surface area contributed by atoms with Crippen LogP contribution in [0.15, 0.2) is 18.2 Å². The van der Waals surface area contributed by atoms with Crippen molar-refractivity contribution in [3.05, 3.63) is 23.8 Å². The molecule has 1 atom stereocenters. The Morgan fingerprint density at radius 1 is 1.28 bits per heavy atom. The minimum absolute atomic E-state index is 0.259. The first kappa shape index (κ1) is 16.8. The number of hydrogen-bond acceptors (Lipinski definition) is 6. The monoisotopic (exact) mass is 359 g/mol. The van der Waals surface area contributed by atoms with Gasteiger partial charge >= 0.3 is 5.97 Å². The lowest BCUT2D eigenvalue weighted by molar-refractivity contribution is 0.0526. The van der Waals surface area contributed by atoms with Crippen molar-refractivity contribution < 1.29 is 9.53 Å². The van der Waals surface area contributed by atoms with Crippen molar-refractivity contribution in [3.63, 3.8) is 0 Å². The molecule has 2 saturated heterocycles. The molecule has 3 heterocycles. The van der Waals surface area contributed by atoms with Crippen LogP contribution in [0.5, 0.6) is 0 Å². The van der Waals surface area contributed by atoms with Crippen LogP contribution in [0.3, 0.4) is 0 Å². The normalized spacial score (nSPS) is 21.8. The average molecular weight is 359 g/mol. The van der Waals surface area contributed by atoms with Gasteiger partial charge in [0.2, 0.25) is 0 Å². The number of likely N-dealkylation sites (tertiary alicyclic amines) is 1. The Bertz CT molecular complexity index is 754. The molecule has 1 unspecified atom stereocenters. The van der Waals surface area contributed by atoms with Gasteiger partial charge < -0.3 is 9.64 Å². The van der Waals surface area contributed by atoms with Gasteiger partial charge in [-0.1, -0.05) is 17.8 Å². The summed E-state index contributed by atoms with van der Waals surface area (Å²) in [6.07, 6.45) is 5.29. The van der Waals surface area contributed by atoms with Gasteiger partial charge in [0.1, 0.15) is 0 Å². The third-order valence-electron chi connectivity index (χ3n) is 5.23. The van der Waals surface area contributed by atoms with E-state index in [2.05, 4.69) is 9.80 Å². The van der Waals surface area contributed by atoms with Crippen LogP contribution in [0.4, 0.5) is 5.13 Å². The van der Waals surface area contributed by atoms with Crippen molar-refractivity contribution in [2.45, 2.75) is 38.6 Å². The highest BCUT2D eigenvalue weighted by Crippen LogP contribution is 2.32. The number of ether oxygens (including phenoxy) is 1. The standard InChI is InChI=1S/C19H25N3O2S/c1-2-24-18(23)14-6-7-16-17(12-14)25-19(20-16)22-11-8-15(13-22)21-9-4-3-5-10-21/h6-7,12,15H,2-5,8-11,13H2,1H3. The van der Waals surface area contributed by atoms with Crippen LogP contribution >= 0.6 is 11.3 Å². The highest BCUT2D eigenvalue weighted by atomic mass is 32.1. The molecule has 0 N–H and O–H groups in total. The number of carbonyl (C=O) groups excluding carboxylic acids is 1. The summed E-state index contributed by atoms with van der Waals surface area (Å²) in [6.45, 7) is 6.88. The number of piperidine rings is 1. The topological polar surface area (TPSA) is 45.7 Å². The van der Waals surface area contributed by atoms with Crippen LogP contribution < -0.4 is 4.90 Å². The molecule has 2 aromatic rings. The fourth-order valence-corrected chi connectivity index (χ4v) is 4.93. The molecule has 25 heavy (non-hydrogen) atoms. The Kier molecular flexibility index (Phi) is 4.90. The van der Waals surface area contributed by atoms with Crippen LogP contribution in [0.25, 0.3) is 10.2 Å². The Morgan fingerprint density at radius 2 is 2.12 bits per heavy atom. The molecular formula is C19H25N3O2S. The van der Waals surface area contributed by atoms with Gasteiger partial charge in [-0.3, -0.25) is 4.90 Å². The molecular weight excluding hydrogens is 334 g/mol. The van der Waals surface area contributed by atoms with E-state index in [1.54, 1.807) is 11.3 Å². The van der Waals surface area contributed by atoms with E-state index in [0.29, 0.717) is 18.2 Å². The number of esters is 1. The zero-order valence-electron chi connectivity index (χ0n) is 14.7. The summed E-state index contributed by atoms with van der Waals surface area (Å²) in [4.78, 5) is 21.8. The van der Waals surface area contributed by atoms with E-state index >= 15 is 0 Å². The first-order valence-electron chi connectivity index (χ1n) is 9.31. The molecule has 0 saturated carbocycles. The maximum Gasteiger partial charge on any atom is 0.338 e. The Labute approximate surface area is 152 Å². The van der Waals surface area contributed by atoms with Gasteiger partial charge in [-0.25, -0.2) is 9.78 Å². The SMILES string of the molecule is CCOC(=O)c1ccc2nc(N3CCC(N4CCCCC4)C3)sc2c1. The van der Waals surface area contributed by atoms with Crippen molar-refractivity contribution in [2.24, 2.45) is 0 Å². The molecule has 0 bridgehead atoms. The summed E-state index contributed by atoms with van der Waals surface area (Å²) in [5, 5.41) is 1.08. The van der Waals surface area contributed by atoms with E-state index in [1.807, 2.05) is 25.1 Å². The average Bonchev–Trinajstić information content (AvgIpc) is 3.29. The van der Waals surface area contributed by atoms with Crippen molar-refractivity contribution >= 4 is 32.7 Å². The van der Waals surface area contributed by atoms with Crippen LogP contribution in [0.2, 0.25) is 0 Å². The minimum atomic E-state index is -0.259. The molecule has 1 aromatic heterocycles. The van der Waals surface area contributed by atoms with E-state index in [9.17, 15) is 4.79 Å². The number of anilines is 1. The predicted molar refractivity (Wildman–Crippen MR) is 102 cm³/mol. The number of nitrogens with zero attached hydrogens (tertiary/aromatic N) is 3. The maximum atomic E-state index is 11.9. The Balaban J connectivity index is 1.49. The molecule has 2 aliphatic heterocycles. The van der Waals surface area contributed by atoms with E-state index in [1.165, 1.54) is 38.8 Å². The number of rotatable bonds is 4. The smallest absolute Gasteiger partial charge is 0.338 e. The van der Waals surface area contributed by atoms with Gasteiger partial charge in [0.25, 0.3) is 0 Å². The zero-order chi connectivity index (χ0) is 17.2. The molecule has 2 aliphatic rings. The third-order valence-corrected chi connectivity index (χ3v) is 6.31. The summed E-state index contributed by atoms with van der Waals surface area (Å²) in [5.74, 6) is -0.259. The van der Waals surface area contributed by atoms with Crippen molar-refractivity contribution in [1.82, 2.24) is 9.88 Å². The number of thiazole rings is 1. The van der Waals surface area contributed by atoms with Crippen molar-refractivity contribution in [3.8, 4) is 0 Å². The zero-order valence-corrected chi connectivity index (χ0v) is 15.6. The van der Waals surface area contributed by atoms with E-state index < -0.39 is 0 Å². The number of benzene rings is 1. The van der Waals surface area contributed by atoms with E-state index in [0.717, 1.165) is 28.4 Å². The molecule has 2 fully saturated rings. The Hall–Kier alpha value is -1.66. The fraction of sp³-hybridized carbons (Fsp3) is 0.579. The fourth-order valence-electron chi connectivity index (χ4n) is 3.89. The van der Waals surface area contributed by atoms with Crippen molar-refractivity contribution in [1.29, 1.82) is 0 Å². The summed E-state index contributed by atoms with van der Waals surface area (Å²) < 4.78 is 6.15. The molecule has 0 amide bonds. The first-order chi connectivity index (χ1) is 12.2. The van der Waals surface area contributed by atoms with E-state index in [-0.39, 0.29) is 5.97 Å². The number of fused-ring (bicyclic) bond motifs is 1. The largest absolute Gasteiger partial charge is 0.462 e. The van der Waals surface area contributed by atoms with Crippen molar-refractivity contribution in [2.75, 3.05) is 37.7 Å². The first-order valence-corrected chi connectivity index (χ1v) is 10.1. The molecule has 6 heteroatoms. The molecule has 5 nitrogen and oxygen atoms in total. The number of aromatic nitrogens is 1. The van der Waals surface area contributed by atoms with Gasteiger partial charge in [-0.15, -0.1) is 0 Å². The summed E-state index contributed by atoms with van der Waals surface area (Å²) in [6, 6.07) is 6.32. The Morgan fingerprint density at radius 3 is 2.92 bits per heavy atom. The van der Waals surface area contributed by atoms with Crippen LogP contribution in [-0.4, -0.2) is 54.7 Å². The lowest BCUT2D eigenvalue weighted by atomic mass is 10.1. The highest BCUT2D eigenvalue weighted by Gasteiger charge is 2.30. The highest BCUT2D eigenvalue weighted by molar-refractivity contribution is 7.22. The molecule has 0 radical (unpaired) electrons. The van der Waals surface area contributed by atoms with E-state index in [4.69, 9.17) is 9.72 Å². The summed E-state index contributed by atoms with van der Waals surface area (Å²) in [5.41, 5.74) is 1.58. The third kappa shape index (κ3) is 3.51. The van der Waals surface area contributed by atoms with Gasteiger partial charge in [0.05, 0.1) is 22.4 Å². The predicted octanol–water partition coefficient (Wildman–Crippen LogP) is 3.54. The van der Waals surface area contributed by atoms with Gasteiger partial charge in [0, 0.05) is 19.1 Å². The quantitative estimate of drug-likeness (QED) is 0.782. The molecule has 4 rings (SSSR count). The maximum absolute atomic E-state index is 11.9. The van der Waals surface area contributed by atoms with Gasteiger partial charge in [0.15, 0.2) is 5.13 Å². The summed E-state index contributed by atoms with van der Waals surface area (Å²) in [7, 11) is 0. The van der Waals surface area contributed by atoms with Crippen LogP contribution in [0.1, 0.15) is 43.0 Å². The van der Waals surface area contributed by atoms with Crippen LogP contribution in [0, 0.1) is 0 Å². The molecule has 134 valence electrons. The number of hydrogen-bond donors (Lipinski definition) is 0. The lowest BCUT2D eigenvalue weighted by Gasteiger charge is -2.32. The minimum Gasteiger partial charge on any atom is -0.462 e. The molecule has 0 spiro atoms. The van der Waals surface area contributed by atoms with Crippen LogP contribution in [-0.2, 0) is 4.74 Å². The second kappa shape index (κ2) is 7.30. The molecule has 0 aliphatic carbocycles. The second-order valence-corrected chi connectivity index (χ2v) is 7.89. The lowest BCUT2D eigenvalue weighted by Crippen LogP contribution is -2.40.